The molecule has 1 fully saturated rings. The molecule has 1 aliphatic carbocycles. The molecule has 0 bridgehead atoms. The van der Waals surface area contributed by atoms with E-state index in [1.165, 1.54) is 0 Å². The second-order valence-electron chi connectivity index (χ2n) is 3.80. The van der Waals surface area contributed by atoms with Crippen molar-refractivity contribution >= 4 is 7.37 Å². The zero-order valence-corrected chi connectivity index (χ0v) is 8.59. The van der Waals surface area contributed by atoms with Crippen LogP contribution in [0.5, 0.6) is 0 Å². The van der Waals surface area contributed by atoms with Gasteiger partial charge in [-0.2, -0.15) is 0 Å². The zero-order chi connectivity index (χ0) is 9.19. The first kappa shape index (κ1) is 10.2. The molecule has 12 heavy (non-hydrogen) atoms. The maximum Gasteiger partial charge on any atom is 0.197 e. The van der Waals surface area contributed by atoms with Crippen LogP contribution in [0.25, 0.3) is 0 Å². The summed E-state index contributed by atoms with van der Waals surface area (Å²) in [5, 5.41) is 9.31. The van der Waals surface area contributed by atoms with Crippen LogP contribution in [0.4, 0.5) is 0 Å². The van der Waals surface area contributed by atoms with Crippen LogP contribution in [0.3, 0.4) is 0 Å². The van der Waals surface area contributed by atoms with Crippen LogP contribution in [0.2, 0.25) is 0 Å². The second kappa shape index (κ2) is 3.91. The number of rotatable bonds is 2. The molecular weight excluding hydrogens is 175 g/mol. The third kappa shape index (κ3) is 3.70. The van der Waals surface area contributed by atoms with E-state index in [4.69, 9.17) is 4.52 Å². The van der Waals surface area contributed by atoms with Gasteiger partial charge >= 0.3 is 0 Å². The summed E-state index contributed by atoms with van der Waals surface area (Å²) in [5.74, 6) is 0. The lowest BCUT2D eigenvalue weighted by atomic mass is 9.95. The minimum atomic E-state index is -2.37. The van der Waals surface area contributed by atoms with Gasteiger partial charge in [0, 0.05) is 13.3 Å². The van der Waals surface area contributed by atoms with Gasteiger partial charge in [0.1, 0.15) is 0 Å². The zero-order valence-electron chi connectivity index (χ0n) is 7.69. The molecule has 0 aromatic rings. The summed E-state index contributed by atoms with van der Waals surface area (Å²) < 4.78 is 16.6. The molecule has 2 atom stereocenters. The minimum absolute atomic E-state index is 0.00887. The number of aliphatic hydroxyl groups is 1. The summed E-state index contributed by atoms with van der Waals surface area (Å²) in [4.78, 5) is 0. The van der Waals surface area contributed by atoms with E-state index in [0.29, 0.717) is 6.42 Å². The van der Waals surface area contributed by atoms with E-state index in [-0.39, 0.29) is 12.2 Å². The lowest BCUT2D eigenvalue weighted by molar-refractivity contribution is 0.0562. The predicted octanol–water partition coefficient (Wildman–Crippen LogP) is 1.84. The van der Waals surface area contributed by atoms with Gasteiger partial charge in [-0.1, -0.05) is 0 Å². The quantitative estimate of drug-likeness (QED) is 0.679. The summed E-state index contributed by atoms with van der Waals surface area (Å²) in [6, 6.07) is 0. The van der Waals surface area contributed by atoms with E-state index in [1.807, 2.05) is 0 Å². The molecule has 3 nitrogen and oxygen atoms in total. The molecule has 4 heteroatoms. The highest BCUT2D eigenvalue weighted by Crippen LogP contribution is 2.41. The standard InChI is InChI=1S/C8H17O3P/c1-12(2,10)11-8-5-3-4-7(9)6-8/h7-9H,3-6H2,1-2H3. The first-order chi connectivity index (χ1) is 5.47. The Morgan fingerprint density at radius 3 is 2.58 bits per heavy atom. The highest BCUT2D eigenvalue weighted by atomic mass is 31.2. The first-order valence-electron chi connectivity index (χ1n) is 4.39. The fourth-order valence-corrected chi connectivity index (χ4v) is 2.48. The van der Waals surface area contributed by atoms with Gasteiger partial charge in [-0.25, -0.2) is 0 Å². The summed E-state index contributed by atoms with van der Waals surface area (Å²) in [5.41, 5.74) is 0. The molecule has 0 aromatic heterocycles. The van der Waals surface area contributed by atoms with Gasteiger partial charge in [-0.3, -0.25) is 4.57 Å². The SMILES string of the molecule is CP(C)(=O)OC1CCCC(O)C1. The van der Waals surface area contributed by atoms with Gasteiger partial charge in [0.15, 0.2) is 7.37 Å². The van der Waals surface area contributed by atoms with Crippen molar-refractivity contribution in [2.45, 2.75) is 37.9 Å². The third-order valence-electron chi connectivity index (χ3n) is 2.00. The maximum atomic E-state index is 11.3. The van der Waals surface area contributed by atoms with E-state index in [0.717, 1.165) is 19.3 Å². The molecule has 1 aliphatic rings. The summed E-state index contributed by atoms with van der Waals surface area (Å²) >= 11 is 0. The molecule has 0 saturated heterocycles. The average molecular weight is 192 g/mol. The fraction of sp³-hybridized carbons (Fsp3) is 1.00. The van der Waals surface area contributed by atoms with Crippen molar-refractivity contribution in [3.8, 4) is 0 Å². The van der Waals surface area contributed by atoms with Crippen molar-refractivity contribution in [1.29, 1.82) is 0 Å². The Kier molecular flexibility index (Phi) is 3.33. The van der Waals surface area contributed by atoms with Crippen LogP contribution in [0, 0.1) is 0 Å². The van der Waals surface area contributed by atoms with Crippen LogP contribution in [-0.2, 0) is 9.09 Å². The Labute approximate surface area is 73.6 Å². The molecule has 0 aromatic carbocycles. The van der Waals surface area contributed by atoms with Gasteiger partial charge in [-0.15, -0.1) is 0 Å². The van der Waals surface area contributed by atoms with Crippen LogP contribution in [-0.4, -0.2) is 30.6 Å². The molecular formula is C8H17O3P. The van der Waals surface area contributed by atoms with Crippen molar-refractivity contribution in [3.63, 3.8) is 0 Å². The second-order valence-corrected chi connectivity index (χ2v) is 6.51. The molecule has 0 spiro atoms. The van der Waals surface area contributed by atoms with Gasteiger partial charge in [0.25, 0.3) is 0 Å². The monoisotopic (exact) mass is 192 g/mol. The van der Waals surface area contributed by atoms with E-state index < -0.39 is 7.37 Å². The third-order valence-corrected chi connectivity index (χ3v) is 2.81. The highest BCUT2D eigenvalue weighted by molar-refractivity contribution is 7.57. The molecule has 1 rings (SSSR count). The van der Waals surface area contributed by atoms with Crippen LogP contribution in [0.1, 0.15) is 25.7 Å². The van der Waals surface area contributed by atoms with Gasteiger partial charge in [0.2, 0.25) is 0 Å². The topological polar surface area (TPSA) is 46.5 Å². The molecule has 72 valence electrons. The molecule has 0 heterocycles. The first-order valence-corrected chi connectivity index (χ1v) is 6.91. The molecule has 0 amide bonds. The Bertz CT molecular complexity index is 187. The minimum Gasteiger partial charge on any atom is -0.393 e. The molecule has 0 aliphatic heterocycles. The van der Waals surface area contributed by atoms with Gasteiger partial charge in [-0.05, 0) is 25.7 Å². The summed E-state index contributed by atoms with van der Waals surface area (Å²) in [7, 11) is -2.37. The molecule has 1 saturated carbocycles. The fourth-order valence-electron chi connectivity index (χ4n) is 1.58. The van der Waals surface area contributed by atoms with Crippen molar-refractivity contribution in [1.82, 2.24) is 0 Å². The van der Waals surface area contributed by atoms with Gasteiger partial charge < -0.3 is 9.63 Å². The Hall–Kier alpha value is 0.150. The molecule has 2 unspecified atom stereocenters. The Balaban J connectivity index is 2.37. The average Bonchev–Trinajstić information content (AvgIpc) is 1.82. The van der Waals surface area contributed by atoms with Crippen LogP contribution in [0.15, 0.2) is 0 Å². The number of aliphatic hydroxyl groups excluding tert-OH is 1. The number of hydrogen-bond donors (Lipinski definition) is 1. The summed E-state index contributed by atoms with van der Waals surface area (Å²) in [6.07, 6.45) is 3.17. The highest BCUT2D eigenvalue weighted by Gasteiger charge is 2.24. The van der Waals surface area contributed by atoms with Crippen LogP contribution < -0.4 is 0 Å². The van der Waals surface area contributed by atoms with Crippen molar-refractivity contribution < 1.29 is 14.2 Å². The predicted molar refractivity (Wildman–Crippen MR) is 48.8 cm³/mol. The number of hydrogen-bond acceptors (Lipinski definition) is 3. The van der Waals surface area contributed by atoms with Crippen molar-refractivity contribution in [2.24, 2.45) is 0 Å². The van der Waals surface area contributed by atoms with Crippen molar-refractivity contribution in [3.05, 3.63) is 0 Å². The Morgan fingerprint density at radius 1 is 1.42 bits per heavy atom. The van der Waals surface area contributed by atoms with Crippen LogP contribution >= 0.6 is 7.37 Å². The lowest BCUT2D eigenvalue weighted by Gasteiger charge is -2.27. The Morgan fingerprint density at radius 2 is 2.08 bits per heavy atom. The lowest BCUT2D eigenvalue weighted by Crippen LogP contribution is -2.24. The van der Waals surface area contributed by atoms with Crippen molar-refractivity contribution in [2.75, 3.05) is 13.3 Å². The maximum absolute atomic E-state index is 11.3. The van der Waals surface area contributed by atoms with Gasteiger partial charge in [0.05, 0.1) is 12.2 Å². The normalized spacial score (nSPS) is 31.9. The summed E-state index contributed by atoms with van der Waals surface area (Å²) in [6.45, 7) is 3.24. The van der Waals surface area contributed by atoms with E-state index in [1.54, 1.807) is 13.3 Å². The smallest absolute Gasteiger partial charge is 0.197 e. The largest absolute Gasteiger partial charge is 0.393 e. The van der Waals surface area contributed by atoms with E-state index >= 15 is 0 Å². The molecule has 0 radical (unpaired) electrons. The molecule has 1 N–H and O–H groups in total. The van der Waals surface area contributed by atoms with E-state index in [9.17, 15) is 9.67 Å². The van der Waals surface area contributed by atoms with E-state index in [2.05, 4.69) is 0 Å².